The summed E-state index contributed by atoms with van der Waals surface area (Å²) in [6.45, 7) is -0.773. The SMILES string of the molecule is O=N[C@@H](CO)COc1ccc(-c2nc3c(C(=O)Nc4nccs4)cncc3[nH]2)c(C(F)F)c1. The number of imidazole rings is 1. The van der Waals surface area contributed by atoms with E-state index in [0.29, 0.717) is 10.6 Å². The first-order chi connectivity index (χ1) is 16.0. The molecule has 0 fully saturated rings. The van der Waals surface area contributed by atoms with Crippen LogP contribution >= 0.6 is 11.3 Å². The highest BCUT2D eigenvalue weighted by Crippen LogP contribution is 2.34. The number of nitrogens with one attached hydrogen (secondary N) is 2. The standard InChI is InChI=1S/C20H16F2N6O4S/c21-17(22)13-5-11(32-9-10(8-29)28-31)1-2-12(13)18-25-15-7-23-6-14(16(15)26-18)19(30)27-20-24-3-4-33-20/h1-7,10,17,29H,8-9H2,(H,25,26)(H,24,27,30)/t10-/m0/s1. The molecule has 0 aliphatic rings. The van der Waals surface area contributed by atoms with E-state index in [0.717, 1.165) is 6.07 Å². The van der Waals surface area contributed by atoms with Crippen molar-refractivity contribution >= 4 is 33.4 Å². The molecule has 3 heterocycles. The molecule has 33 heavy (non-hydrogen) atoms. The van der Waals surface area contributed by atoms with E-state index in [-0.39, 0.29) is 40.4 Å². The van der Waals surface area contributed by atoms with Gasteiger partial charge in [0.05, 0.1) is 23.9 Å². The number of nitroso groups, excluding NO2 is 1. The van der Waals surface area contributed by atoms with Gasteiger partial charge in [0.15, 0.2) is 5.13 Å². The van der Waals surface area contributed by atoms with Crippen molar-refractivity contribution in [3.63, 3.8) is 0 Å². The molecule has 3 aromatic heterocycles. The van der Waals surface area contributed by atoms with Crippen LogP contribution in [0, 0.1) is 4.91 Å². The zero-order valence-corrected chi connectivity index (χ0v) is 17.6. The number of anilines is 1. The second-order valence-electron chi connectivity index (χ2n) is 6.76. The number of hydrogen-bond donors (Lipinski definition) is 3. The first-order valence-electron chi connectivity index (χ1n) is 9.53. The Morgan fingerprint density at radius 1 is 1.33 bits per heavy atom. The van der Waals surface area contributed by atoms with Gasteiger partial charge in [0, 0.05) is 28.9 Å². The number of aromatic amines is 1. The summed E-state index contributed by atoms with van der Waals surface area (Å²) in [4.78, 5) is 38.5. The third-order valence-corrected chi connectivity index (χ3v) is 5.30. The van der Waals surface area contributed by atoms with E-state index in [1.54, 1.807) is 11.6 Å². The minimum Gasteiger partial charge on any atom is -0.491 e. The summed E-state index contributed by atoms with van der Waals surface area (Å²) in [6.07, 6.45) is 1.46. The Bertz CT molecular complexity index is 1280. The van der Waals surface area contributed by atoms with E-state index in [9.17, 15) is 18.5 Å². The molecule has 0 spiro atoms. The summed E-state index contributed by atoms with van der Waals surface area (Å²) in [5.74, 6) is -0.287. The van der Waals surface area contributed by atoms with Crippen LogP contribution in [0.2, 0.25) is 0 Å². The Labute approximate surface area is 188 Å². The molecule has 1 aromatic carbocycles. The second-order valence-corrected chi connectivity index (χ2v) is 7.66. The Kier molecular flexibility index (Phi) is 6.60. The molecule has 3 N–H and O–H groups in total. The van der Waals surface area contributed by atoms with E-state index in [1.807, 2.05) is 0 Å². The highest BCUT2D eigenvalue weighted by molar-refractivity contribution is 7.13. The van der Waals surface area contributed by atoms with E-state index < -0.39 is 25.0 Å². The van der Waals surface area contributed by atoms with Gasteiger partial charge in [0.1, 0.15) is 29.7 Å². The van der Waals surface area contributed by atoms with Gasteiger partial charge in [-0.2, -0.15) is 4.91 Å². The van der Waals surface area contributed by atoms with Gasteiger partial charge in [0.25, 0.3) is 12.3 Å². The number of H-pyrrole nitrogens is 1. The Balaban J connectivity index is 1.67. The van der Waals surface area contributed by atoms with Crippen LogP contribution in [0.1, 0.15) is 22.3 Å². The molecule has 170 valence electrons. The quantitative estimate of drug-likeness (QED) is 0.313. The number of pyridine rings is 1. The lowest BCUT2D eigenvalue weighted by Crippen LogP contribution is -2.19. The van der Waals surface area contributed by atoms with Crippen molar-refractivity contribution in [3.8, 4) is 17.1 Å². The fraction of sp³-hybridized carbons (Fsp3) is 0.200. The second kappa shape index (κ2) is 9.75. The van der Waals surface area contributed by atoms with E-state index in [2.05, 4.69) is 30.4 Å². The van der Waals surface area contributed by atoms with Crippen LogP contribution in [0.3, 0.4) is 0 Å². The highest BCUT2D eigenvalue weighted by Gasteiger charge is 2.21. The first-order valence-corrected chi connectivity index (χ1v) is 10.4. The van der Waals surface area contributed by atoms with Gasteiger partial charge < -0.3 is 14.8 Å². The maximum Gasteiger partial charge on any atom is 0.264 e. The van der Waals surface area contributed by atoms with Crippen LogP contribution < -0.4 is 10.1 Å². The highest BCUT2D eigenvalue weighted by atomic mass is 32.1. The number of carbonyl (C=O) groups excluding carboxylic acids is 1. The zero-order chi connectivity index (χ0) is 23.4. The maximum absolute atomic E-state index is 13.8. The van der Waals surface area contributed by atoms with Crippen LogP contribution in [0.5, 0.6) is 5.75 Å². The van der Waals surface area contributed by atoms with Crippen LogP contribution in [-0.4, -0.2) is 50.2 Å². The van der Waals surface area contributed by atoms with Crippen molar-refractivity contribution in [2.75, 3.05) is 18.5 Å². The zero-order valence-electron chi connectivity index (χ0n) is 16.7. The Morgan fingerprint density at radius 2 is 2.18 bits per heavy atom. The number of aliphatic hydroxyl groups is 1. The van der Waals surface area contributed by atoms with Crippen LogP contribution in [0.15, 0.2) is 47.3 Å². The summed E-state index contributed by atoms with van der Waals surface area (Å²) in [6, 6.07) is 2.94. The summed E-state index contributed by atoms with van der Waals surface area (Å²) in [5.41, 5.74) is 0.540. The monoisotopic (exact) mass is 474 g/mol. The van der Waals surface area contributed by atoms with Crippen molar-refractivity contribution in [2.24, 2.45) is 5.18 Å². The number of rotatable bonds is 9. The fourth-order valence-corrected chi connectivity index (χ4v) is 3.54. The van der Waals surface area contributed by atoms with Crippen molar-refractivity contribution in [2.45, 2.75) is 12.5 Å². The van der Waals surface area contributed by atoms with Gasteiger partial charge in [-0.25, -0.2) is 18.7 Å². The number of thiazole rings is 1. The molecule has 0 aliphatic heterocycles. The molecule has 4 aromatic rings. The number of carbonyl (C=O) groups is 1. The number of hydrogen-bond acceptors (Lipinski definition) is 9. The van der Waals surface area contributed by atoms with E-state index >= 15 is 0 Å². The normalized spacial score (nSPS) is 12.1. The molecular weight excluding hydrogens is 458 g/mol. The van der Waals surface area contributed by atoms with Gasteiger partial charge in [-0.3, -0.25) is 15.1 Å². The molecule has 0 radical (unpaired) electrons. The number of aromatic nitrogens is 4. The average molecular weight is 474 g/mol. The summed E-state index contributed by atoms with van der Waals surface area (Å²) < 4.78 is 32.9. The van der Waals surface area contributed by atoms with Crippen molar-refractivity contribution < 1.29 is 23.4 Å². The summed E-state index contributed by atoms with van der Waals surface area (Å²) in [7, 11) is 0. The van der Waals surface area contributed by atoms with Crippen molar-refractivity contribution in [1.82, 2.24) is 19.9 Å². The minimum atomic E-state index is -2.86. The summed E-state index contributed by atoms with van der Waals surface area (Å²) >= 11 is 1.24. The molecular formula is C20H16F2N6O4S. The molecule has 10 nitrogen and oxygen atoms in total. The number of alkyl halides is 2. The largest absolute Gasteiger partial charge is 0.491 e. The molecule has 0 aliphatic carbocycles. The first kappa shape index (κ1) is 22.4. The average Bonchev–Trinajstić information content (AvgIpc) is 3.49. The number of ether oxygens (including phenoxy) is 1. The minimum absolute atomic E-state index is 0.0810. The molecule has 0 bridgehead atoms. The van der Waals surface area contributed by atoms with E-state index in [1.165, 1.54) is 35.9 Å². The van der Waals surface area contributed by atoms with Crippen molar-refractivity contribution in [1.29, 1.82) is 0 Å². The lowest BCUT2D eigenvalue weighted by Gasteiger charge is -2.12. The molecule has 0 unspecified atom stereocenters. The third kappa shape index (κ3) is 4.83. The molecule has 0 saturated carbocycles. The topological polar surface area (TPSA) is 142 Å². The Morgan fingerprint density at radius 3 is 2.88 bits per heavy atom. The number of amides is 1. The molecule has 4 rings (SSSR count). The number of benzene rings is 1. The van der Waals surface area contributed by atoms with Gasteiger partial charge >= 0.3 is 0 Å². The van der Waals surface area contributed by atoms with Gasteiger partial charge in [-0.15, -0.1) is 11.3 Å². The maximum atomic E-state index is 13.8. The number of nitrogens with zero attached hydrogens (tertiary/aromatic N) is 4. The van der Waals surface area contributed by atoms with E-state index in [4.69, 9.17) is 9.84 Å². The van der Waals surface area contributed by atoms with Gasteiger partial charge in [-0.05, 0) is 18.2 Å². The third-order valence-electron chi connectivity index (χ3n) is 4.61. The number of halogens is 2. The van der Waals surface area contributed by atoms with Gasteiger partial charge in [0.2, 0.25) is 0 Å². The molecule has 1 amide bonds. The predicted octanol–water partition coefficient (Wildman–Crippen LogP) is 3.78. The van der Waals surface area contributed by atoms with Gasteiger partial charge in [-0.1, -0.05) is 5.18 Å². The van der Waals surface area contributed by atoms with Crippen molar-refractivity contribution in [3.05, 3.63) is 58.2 Å². The molecule has 13 heteroatoms. The van der Waals surface area contributed by atoms with Crippen LogP contribution in [-0.2, 0) is 0 Å². The Hall–Kier alpha value is -3.84. The van der Waals surface area contributed by atoms with Crippen LogP contribution in [0.4, 0.5) is 13.9 Å². The number of fused-ring (bicyclic) bond motifs is 1. The lowest BCUT2D eigenvalue weighted by atomic mass is 10.1. The molecule has 1 atom stereocenters. The smallest absolute Gasteiger partial charge is 0.264 e. The van der Waals surface area contributed by atoms with Crippen LogP contribution in [0.25, 0.3) is 22.4 Å². The summed E-state index contributed by atoms with van der Waals surface area (Å²) in [5, 5.41) is 16.4. The lowest BCUT2D eigenvalue weighted by molar-refractivity contribution is 0.102. The predicted molar refractivity (Wildman–Crippen MR) is 117 cm³/mol. The fourth-order valence-electron chi connectivity index (χ4n) is 3.01. The molecule has 0 saturated heterocycles. The number of aliphatic hydroxyl groups excluding tert-OH is 1.